The number of hydrogen-bond acceptors (Lipinski definition) is 4. The van der Waals surface area contributed by atoms with Crippen LogP contribution in [0.15, 0.2) is 77.0 Å². The summed E-state index contributed by atoms with van der Waals surface area (Å²) in [5.41, 5.74) is 1.31. The van der Waals surface area contributed by atoms with E-state index in [2.05, 4.69) is 10.0 Å². The van der Waals surface area contributed by atoms with Crippen LogP contribution in [-0.2, 0) is 16.6 Å². The van der Waals surface area contributed by atoms with E-state index in [0.29, 0.717) is 5.56 Å². The van der Waals surface area contributed by atoms with Gasteiger partial charge in [-0.05, 0) is 23.1 Å². The van der Waals surface area contributed by atoms with Crippen molar-refractivity contribution in [1.29, 1.82) is 0 Å². The summed E-state index contributed by atoms with van der Waals surface area (Å²) in [5.74, 6) is 0. The highest BCUT2D eigenvalue weighted by Gasteiger charge is 2.21. The summed E-state index contributed by atoms with van der Waals surface area (Å²) < 4.78 is 27.3. The van der Waals surface area contributed by atoms with Crippen LogP contribution in [0.2, 0.25) is 0 Å². The number of rotatable bonds is 5. The van der Waals surface area contributed by atoms with Crippen LogP contribution in [0.1, 0.15) is 4.88 Å². The summed E-state index contributed by atoms with van der Waals surface area (Å²) in [4.78, 5) is 13.0. The van der Waals surface area contributed by atoms with E-state index < -0.39 is 16.1 Å². The summed E-state index contributed by atoms with van der Waals surface area (Å²) in [6, 6.07) is 18.7. The van der Waals surface area contributed by atoms with Gasteiger partial charge in [0.05, 0.1) is 11.4 Å². The molecule has 0 radical (unpaired) electrons. The third kappa shape index (κ3) is 4.26. The Morgan fingerprint density at radius 1 is 0.920 bits per heavy atom. The Balaban J connectivity index is 1.79. The van der Waals surface area contributed by atoms with E-state index in [-0.39, 0.29) is 11.4 Å². The number of benzene rings is 2. The number of urea groups is 1. The Hall–Kier alpha value is -2.64. The molecule has 0 atom stereocenters. The number of amides is 2. The van der Waals surface area contributed by atoms with Gasteiger partial charge in [-0.25, -0.2) is 17.9 Å². The number of nitrogens with one attached hydrogen (secondary N) is 2. The Kier molecular flexibility index (Phi) is 5.16. The van der Waals surface area contributed by atoms with Crippen LogP contribution in [0.25, 0.3) is 11.1 Å². The number of carbonyl (C=O) groups excluding carboxylic acids is 1. The van der Waals surface area contributed by atoms with Gasteiger partial charge in [0.25, 0.3) is 10.0 Å². The van der Waals surface area contributed by atoms with Gasteiger partial charge in [-0.2, -0.15) is 0 Å². The van der Waals surface area contributed by atoms with Crippen molar-refractivity contribution < 1.29 is 13.2 Å². The van der Waals surface area contributed by atoms with Crippen LogP contribution in [0.5, 0.6) is 0 Å². The Morgan fingerprint density at radius 2 is 1.64 bits per heavy atom. The quantitative estimate of drug-likeness (QED) is 0.718. The fraction of sp³-hybridized carbons (Fsp3) is 0.0556. The molecule has 2 amide bonds. The largest absolute Gasteiger partial charge is 0.332 e. The highest BCUT2D eigenvalue weighted by atomic mass is 32.2. The van der Waals surface area contributed by atoms with Gasteiger partial charge in [-0.3, -0.25) is 0 Å². The molecule has 1 aromatic heterocycles. The van der Waals surface area contributed by atoms with Gasteiger partial charge in [0.1, 0.15) is 0 Å². The monoisotopic (exact) mass is 372 g/mol. The van der Waals surface area contributed by atoms with E-state index in [0.717, 1.165) is 10.4 Å². The van der Waals surface area contributed by atoms with Crippen LogP contribution < -0.4 is 10.0 Å². The molecule has 5 nitrogen and oxygen atoms in total. The molecule has 7 heteroatoms. The zero-order valence-corrected chi connectivity index (χ0v) is 14.8. The second-order valence-corrected chi connectivity index (χ2v) is 7.91. The molecule has 2 aromatic carbocycles. The van der Waals surface area contributed by atoms with Crippen molar-refractivity contribution in [2.75, 3.05) is 0 Å². The Bertz CT molecular complexity index is 953. The van der Waals surface area contributed by atoms with E-state index in [1.165, 1.54) is 17.4 Å². The minimum atomic E-state index is -3.99. The third-order valence-electron chi connectivity index (χ3n) is 3.49. The lowest BCUT2D eigenvalue weighted by molar-refractivity contribution is 0.245. The molecule has 128 valence electrons. The number of hydrogen-bond donors (Lipinski definition) is 2. The number of thiophene rings is 1. The van der Waals surface area contributed by atoms with Crippen molar-refractivity contribution in [3.63, 3.8) is 0 Å². The molecule has 2 N–H and O–H groups in total. The average Bonchev–Trinajstić information content (AvgIpc) is 3.14. The van der Waals surface area contributed by atoms with Crippen LogP contribution in [0.3, 0.4) is 0 Å². The zero-order chi connectivity index (χ0) is 17.7. The van der Waals surface area contributed by atoms with E-state index in [9.17, 15) is 13.2 Å². The molecular formula is C18H16N2O3S2. The zero-order valence-electron chi connectivity index (χ0n) is 13.2. The molecule has 0 saturated heterocycles. The number of sulfonamides is 1. The molecule has 0 saturated carbocycles. The van der Waals surface area contributed by atoms with Crippen LogP contribution in [0, 0.1) is 0 Å². The van der Waals surface area contributed by atoms with Gasteiger partial charge < -0.3 is 5.32 Å². The fourth-order valence-electron chi connectivity index (χ4n) is 2.35. The van der Waals surface area contributed by atoms with E-state index in [1.807, 2.05) is 47.8 Å². The van der Waals surface area contributed by atoms with Crippen molar-refractivity contribution in [1.82, 2.24) is 10.0 Å². The molecule has 3 rings (SSSR count). The molecule has 0 bridgehead atoms. The third-order valence-corrected chi connectivity index (χ3v) is 5.76. The second kappa shape index (κ2) is 7.50. The first-order valence-electron chi connectivity index (χ1n) is 7.54. The fourth-order valence-corrected chi connectivity index (χ4v) is 4.15. The summed E-state index contributed by atoms with van der Waals surface area (Å²) in [6.07, 6.45) is 0. The smallest absolute Gasteiger partial charge is 0.328 e. The van der Waals surface area contributed by atoms with Crippen molar-refractivity contribution >= 4 is 27.4 Å². The lowest BCUT2D eigenvalue weighted by atomic mass is 10.1. The van der Waals surface area contributed by atoms with Gasteiger partial charge >= 0.3 is 6.03 Å². The molecular weight excluding hydrogens is 356 g/mol. The molecule has 0 aliphatic rings. The Morgan fingerprint density at radius 3 is 2.36 bits per heavy atom. The standard InChI is InChI=1S/C18H16N2O3S2/c21-18(19-13-15-9-6-12-24-15)20-25(22,23)17-11-5-4-10-16(17)14-7-2-1-3-8-14/h1-12H,13H2,(H2,19,20,21). The molecule has 0 spiro atoms. The minimum Gasteiger partial charge on any atom is -0.332 e. The van der Waals surface area contributed by atoms with Crippen molar-refractivity contribution in [2.45, 2.75) is 11.4 Å². The SMILES string of the molecule is O=C(NCc1cccs1)NS(=O)(=O)c1ccccc1-c1ccccc1. The van der Waals surface area contributed by atoms with Crippen LogP contribution >= 0.6 is 11.3 Å². The molecule has 1 heterocycles. The molecule has 25 heavy (non-hydrogen) atoms. The first-order valence-corrected chi connectivity index (χ1v) is 9.90. The lowest BCUT2D eigenvalue weighted by Gasteiger charge is -2.12. The summed E-state index contributed by atoms with van der Waals surface area (Å²) in [7, 11) is -3.99. The molecule has 0 aliphatic carbocycles. The first kappa shape index (κ1) is 17.2. The van der Waals surface area contributed by atoms with E-state index in [4.69, 9.17) is 0 Å². The summed E-state index contributed by atoms with van der Waals surface area (Å²) in [5, 5.41) is 4.44. The first-order chi connectivity index (χ1) is 12.1. The van der Waals surface area contributed by atoms with Gasteiger partial charge in [0.15, 0.2) is 0 Å². The maximum atomic E-state index is 12.6. The predicted octanol–water partition coefficient (Wildman–Crippen LogP) is 3.60. The van der Waals surface area contributed by atoms with Crippen molar-refractivity contribution in [2.24, 2.45) is 0 Å². The molecule has 0 aliphatic heterocycles. The molecule has 3 aromatic rings. The molecule has 0 unspecified atom stereocenters. The van der Waals surface area contributed by atoms with Crippen LogP contribution in [-0.4, -0.2) is 14.4 Å². The summed E-state index contributed by atoms with van der Waals surface area (Å²) in [6.45, 7) is 0.277. The lowest BCUT2D eigenvalue weighted by Crippen LogP contribution is -2.39. The normalized spacial score (nSPS) is 11.0. The Labute approximate surface area is 150 Å². The van der Waals surface area contributed by atoms with Gasteiger partial charge in [-0.1, -0.05) is 54.6 Å². The van der Waals surface area contributed by atoms with Crippen molar-refractivity contribution in [3.05, 3.63) is 77.0 Å². The molecule has 0 fully saturated rings. The second-order valence-electron chi connectivity index (χ2n) is 5.23. The number of carbonyl (C=O) groups is 1. The van der Waals surface area contributed by atoms with Crippen molar-refractivity contribution in [3.8, 4) is 11.1 Å². The predicted molar refractivity (Wildman–Crippen MR) is 98.8 cm³/mol. The van der Waals surface area contributed by atoms with Gasteiger partial charge in [0, 0.05) is 10.4 Å². The van der Waals surface area contributed by atoms with Gasteiger partial charge in [0.2, 0.25) is 0 Å². The van der Waals surface area contributed by atoms with Gasteiger partial charge in [-0.15, -0.1) is 11.3 Å². The average molecular weight is 372 g/mol. The summed E-state index contributed by atoms with van der Waals surface area (Å²) >= 11 is 1.49. The minimum absolute atomic E-state index is 0.0625. The topological polar surface area (TPSA) is 75.3 Å². The highest BCUT2D eigenvalue weighted by molar-refractivity contribution is 7.90. The maximum absolute atomic E-state index is 12.6. The highest BCUT2D eigenvalue weighted by Crippen LogP contribution is 2.26. The van der Waals surface area contributed by atoms with E-state index in [1.54, 1.807) is 18.2 Å². The van der Waals surface area contributed by atoms with E-state index >= 15 is 0 Å². The van der Waals surface area contributed by atoms with Crippen LogP contribution in [0.4, 0.5) is 4.79 Å². The maximum Gasteiger partial charge on any atom is 0.328 e.